The van der Waals surface area contributed by atoms with Crippen molar-refractivity contribution in [3.8, 4) is 0 Å². The van der Waals surface area contributed by atoms with Gasteiger partial charge < -0.3 is 10.7 Å². The van der Waals surface area contributed by atoms with Crippen molar-refractivity contribution in [3.63, 3.8) is 0 Å². The zero-order valence-electron chi connectivity index (χ0n) is 7.53. The van der Waals surface area contributed by atoms with Crippen molar-refractivity contribution in [1.29, 1.82) is 0 Å². The molecule has 0 aromatic carbocycles. The van der Waals surface area contributed by atoms with Gasteiger partial charge in [0.1, 0.15) is 5.52 Å². The highest BCUT2D eigenvalue weighted by molar-refractivity contribution is 7.71. The van der Waals surface area contributed by atoms with Gasteiger partial charge in [-0.3, -0.25) is 4.57 Å². The third kappa shape index (κ3) is 0.988. The van der Waals surface area contributed by atoms with Crippen LogP contribution in [-0.2, 0) is 0 Å². The number of hydrogen-bond acceptors (Lipinski definition) is 3. The number of nitrogens with one attached hydrogen (secondary N) is 1. The first-order valence-electron chi connectivity index (χ1n) is 4.62. The molecule has 1 saturated carbocycles. The molecular formula is C9H10N4S. The number of imidazole rings is 1. The monoisotopic (exact) mass is 206 g/mol. The summed E-state index contributed by atoms with van der Waals surface area (Å²) in [4.78, 5) is 7.42. The molecule has 0 atom stereocenters. The summed E-state index contributed by atoms with van der Waals surface area (Å²) >= 11 is 5.24. The van der Waals surface area contributed by atoms with Crippen molar-refractivity contribution >= 4 is 29.1 Å². The molecule has 4 nitrogen and oxygen atoms in total. The van der Waals surface area contributed by atoms with E-state index in [1.54, 1.807) is 12.3 Å². The van der Waals surface area contributed by atoms with Crippen molar-refractivity contribution in [2.75, 3.05) is 5.73 Å². The second-order valence-corrected chi connectivity index (χ2v) is 4.02. The zero-order chi connectivity index (χ0) is 9.71. The molecule has 0 radical (unpaired) electrons. The molecule has 2 aromatic rings. The van der Waals surface area contributed by atoms with Crippen LogP contribution in [0, 0.1) is 4.77 Å². The molecular weight excluding hydrogens is 196 g/mol. The summed E-state index contributed by atoms with van der Waals surface area (Å²) in [6.07, 6.45) is 4.11. The summed E-state index contributed by atoms with van der Waals surface area (Å²) in [6.45, 7) is 0. The largest absolute Gasteiger partial charge is 0.397 e. The maximum atomic E-state index is 5.83. The predicted octanol–water partition coefficient (Wildman–Crippen LogP) is 2.01. The first-order chi connectivity index (χ1) is 6.77. The lowest BCUT2D eigenvalue weighted by Gasteiger charge is -1.99. The molecule has 0 bridgehead atoms. The number of rotatable bonds is 1. The highest BCUT2D eigenvalue weighted by Crippen LogP contribution is 2.37. The lowest BCUT2D eigenvalue weighted by atomic mass is 10.4. The Morgan fingerprint density at radius 3 is 3.07 bits per heavy atom. The summed E-state index contributed by atoms with van der Waals surface area (Å²) in [5, 5.41) is 0. The molecule has 1 fully saturated rings. The van der Waals surface area contributed by atoms with Crippen molar-refractivity contribution < 1.29 is 0 Å². The van der Waals surface area contributed by atoms with Gasteiger partial charge in [0.25, 0.3) is 0 Å². The minimum absolute atomic E-state index is 0.533. The molecule has 0 unspecified atom stereocenters. The Bertz CT molecular complexity index is 549. The fraction of sp³-hybridized carbons (Fsp3) is 0.333. The van der Waals surface area contributed by atoms with E-state index in [1.807, 2.05) is 0 Å². The molecule has 2 heterocycles. The summed E-state index contributed by atoms with van der Waals surface area (Å²) < 4.78 is 2.80. The van der Waals surface area contributed by atoms with Crippen LogP contribution in [0.1, 0.15) is 18.9 Å². The van der Waals surface area contributed by atoms with Gasteiger partial charge in [0.05, 0.1) is 5.69 Å². The Morgan fingerprint density at radius 2 is 2.36 bits per heavy atom. The molecule has 0 aliphatic heterocycles. The maximum Gasteiger partial charge on any atom is 0.179 e. The van der Waals surface area contributed by atoms with Gasteiger partial charge in [-0.15, -0.1) is 0 Å². The van der Waals surface area contributed by atoms with Crippen LogP contribution >= 0.6 is 12.2 Å². The van der Waals surface area contributed by atoms with E-state index in [0.29, 0.717) is 11.7 Å². The van der Waals surface area contributed by atoms with Crippen molar-refractivity contribution in [1.82, 2.24) is 14.5 Å². The molecule has 1 aliphatic rings. The lowest BCUT2D eigenvalue weighted by Crippen LogP contribution is -1.95. The third-order valence-corrected chi connectivity index (χ3v) is 2.85. The molecule has 1 aliphatic carbocycles. The number of aromatic amines is 1. The molecule has 14 heavy (non-hydrogen) atoms. The number of pyridine rings is 1. The van der Waals surface area contributed by atoms with Crippen LogP contribution in [0.5, 0.6) is 0 Å². The number of fused-ring (bicyclic) bond motifs is 1. The molecule has 0 saturated heterocycles. The zero-order valence-corrected chi connectivity index (χ0v) is 8.34. The number of nitrogens with zero attached hydrogens (tertiary/aromatic N) is 2. The van der Waals surface area contributed by atoms with Crippen molar-refractivity contribution in [3.05, 3.63) is 17.0 Å². The number of anilines is 1. The first-order valence-corrected chi connectivity index (χ1v) is 5.03. The Hall–Kier alpha value is -1.36. The van der Waals surface area contributed by atoms with E-state index in [-0.39, 0.29) is 0 Å². The average molecular weight is 206 g/mol. The van der Waals surface area contributed by atoms with Crippen LogP contribution in [0.4, 0.5) is 5.69 Å². The van der Waals surface area contributed by atoms with E-state index in [1.165, 1.54) is 12.8 Å². The van der Waals surface area contributed by atoms with Crippen LogP contribution < -0.4 is 5.73 Å². The van der Waals surface area contributed by atoms with Gasteiger partial charge in [-0.1, -0.05) is 0 Å². The van der Waals surface area contributed by atoms with Gasteiger partial charge >= 0.3 is 0 Å². The van der Waals surface area contributed by atoms with Crippen LogP contribution in [-0.4, -0.2) is 14.5 Å². The Kier molecular flexibility index (Phi) is 1.47. The Balaban J connectivity index is 2.43. The fourth-order valence-electron chi connectivity index (χ4n) is 1.71. The van der Waals surface area contributed by atoms with Crippen LogP contribution in [0.3, 0.4) is 0 Å². The summed E-state index contributed by atoms with van der Waals surface area (Å²) in [6, 6.07) is 2.32. The van der Waals surface area contributed by atoms with Crippen LogP contribution in [0.2, 0.25) is 0 Å². The second kappa shape index (κ2) is 2.57. The van der Waals surface area contributed by atoms with E-state index < -0.39 is 0 Å². The molecule has 3 N–H and O–H groups in total. The van der Waals surface area contributed by atoms with E-state index in [4.69, 9.17) is 18.0 Å². The SMILES string of the molecule is Nc1ccnc2c1[nH]c(=S)n2C1CC1. The van der Waals surface area contributed by atoms with E-state index in [9.17, 15) is 0 Å². The fourth-order valence-corrected chi connectivity index (χ4v) is 2.05. The molecule has 72 valence electrons. The highest BCUT2D eigenvalue weighted by atomic mass is 32.1. The number of hydrogen-bond donors (Lipinski definition) is 2. The second-order valence-electron chi connectivity index (χ2n) is 3.63. The quantitative estimate of drug-likeness (QED) is 0.702. The van der Waals surface area contributed by atoms with Gasteiger partial charge in [0, 0.05) is 12.2 Å². The molecule has 0 amide bonds. The molecule has 3 rings (SSSR count). The number of nitrogens with two attached hydrogens (primary N) is 1. The number of aromatic nitrogens is 3. The third-order valence-electron chi connectivity index (χ3n) is 2.55. The van der Waals surface area contributed by atoms with Crippen molar-refractivity contribution in [2.24, 2.45) is 0 Å². The first kappa shape index (κ1) is 7.99. The molecule has 5 heteroatoms. The van der Waals surface area contributed by atoms with E-state index in [0.717, 1.165) is 15.9 Å². The minimum Gasteiger partial charge on any atom is -0.397 e. The normalized spacial score (nSPS) is 16.3. The van der Waals surface area contributed by atoms with Gasteiger partial charge in [0.15, 0.2) is 10.4 Å². The topological polar surface area (TPSA) is 59.6 Å². The van der Waals surface area contributed by atoms with Gasteiger partial charge in [0.2, 0.25) is 0 Å². The van der Waals surface area contributed by atoms with Crippen LogP contribution in [0.15, 0.2) is 12.3 Å². The number of H-pyrrole nitrogens is 1. The summed E-state index contributed by atoms with van der Waals surface area (Å²) in [5.41, 5.74) is 8.29. The standard InChI is InChI=1S/C9H10N4S/c10-6-3-4-11-8-7(6)12-9(14)13(8)5-1-2-5/h3-5H,1-2H2,(H2,10,11)(H,12,14). The summed E-state index contributed by atoms with van der Waals surface area (Å²) in [7, 11) is 0. The van der Waals surface area contributed by atoms with Gasteiger partial charge in [-0.2, -0.15) is 0 Å². The summed E-state index contributed by atoms with van der Waals surface area (Å²) in [5.74, 6) is 0. The average Bonchev–Trinajstić information content (AvgIpc) is 2.91. The number of nitrogen functional groups attached to an aromatic ring is 1. The van der Waals surface area contributed by atoms with Gasteiger partial charge in [-0.05, 0) is 31.1 Å². The van der Waals surface area contributed by atoms with E-state index in [2.05, 4.69) is 14.5 Å². The molecule has 0 spiro atoms. The Morgan fingerprint density at radius 1 is 1.57 bits per heavy atom. The van der Waals surface area contributed by atoms with Crippen LogP contribution in [0.25, 0.3) is 11.2 Å². The highest BCUT2D eigenvalue weighted by Gasteiger charge is 2.26. The lowest BCUT2D eigenvalue weighted by molar-refractivity contribution is 0.745. The smallest absolute Gasteiger partial charge is 0.179 e. The maximum absolute atomic E-state index is 5.83. The van der Waals surface area contributed by atoms with Gasteiger partial charge in [-0.25, -0.2) is 4.98 Å². The van der Waals surface area contributed by atoms with Crippen molar-refractivity contribution in [2.45, 2.75) is 18.9 Å². The predicted molar refractivity (Wildman–Crippen MR) is 57.6 cm³/mol. The minimum atomic E-state index is 0.533. The van der Waals surface area contributed by atoms with E-state index >= 15 is 0 Å². The Labute approximate surface area is 85.8 Å². The molecule has 2 aromatic heterocycles.